The first-order chi connectivity index (χ1) is 12.2. The lowest BCUT2D eigenvalue weighted by molar-refractivity contribution is -0.119. The Bertz CT molecular complexity index is 784. The minimum absolute atomic E-state index is 0.0529. The summed E-state index contributed by atoms with van der Waals surface area (Å²) in [7, 11) is 0. The molecule has 1 atom stereocenters. The fraction of sp³-hybridized carbons (Fsp3) is 0.611. The van der Waals surface area contributed by atoms with Gasteiger partial charge >= 0.3 is 0 Å². The molecule has 5 nitrogen and oxygen atoms in total. The molecule has 1 N–H and O–H groups in total. The molecule has 1 unspecified atom stereocenters. The Morgan fingerprint density at radius 1 is 1.36 bits per heavy atom. The van der Waals surface area contributed by atoms with Crippen LogP contribution in [0.5, 0.6) is 0 Å². The van der Waals surface area contributed by atoms with Crippen LogP contribution < -0.4 is 5.32 Å². The normalized spacial score (nSPS) is 19.5. The molecule has 4 rings (SSSR count). The van der Waals surface area contributed by atoms with Crippen LogP contribution in [0.2, 0.25) is 0 Å². The average Bonchev–Trinajstić information content (AvgIpc) is 3.34. The number of fused-ring (bicyclic) bond motifs is 3. The fourth-order valence-electron chi connectivity index (χ4n) is 3.48. The number of amides is 1. The highest BCUT2D eigenvalue weighted by atomic mass is 32.2. The van der Waals surface area contributed by atoms with E-state index < -0.39 is 0 Å². The number of ether oxygens (including phenoxy) is 1. The predicted octanol–water partition coefficient (Wildman–Crippen LogP) is 3.13. The number of thioether (sulfide) groups is 1. The number of rotatable bonds is 6. The van der Waals surface area contributed by atoms with Gasteiger partial charge in [0.1, 0.15) is 15.7 Å². The van der Waals surface area contributed by atoms with E-state index in [0.717, 1.165) is 54.4 Å². The molecule has 0 spiro atoms. The summed E-state index contributed by atoms with van der Waals surface area (Å²) in [6.07, 6.45) is 6.63. The molecule has 134 valence electrons. The van der Waals surface area contributed by atoms with Gasteiger partial charge in [-0.15, -0.1) is 11.3 Å². The summed E-state index contributed by atoms with van der Waals surface area (Å²) >= 11 is 3.35. The molecule has 0 saturated carbocycles. The number of thiophene rings is 1. The third kappa shape index (κ3) is 3.68. The molecule has 1 aliphatic carbocycles. The number of hydrogen-bond acceptors (Lipinski definition) is 6. The number of nitrogens with one attached hydrogen (secondary N) is 1. The molecule has 7 heteroatoms. The smallest absolute Gasteiger partial charge is 0.230 e. The van der Waals surface area contributed by atoms with Crippen molar-refractivity contribution in [3.05, 3.63) is 16.3 Å². The molecule has 2 aliphatic rings. The van der Waals surface area contributed by atoms with Crippen molar-refractivity contribution in [3.63, 3.8) is 0 Å². The zero-order valence-electron chi connectivity index (χ0n) is 14.5. The van der Waals surface area contributed by atoms with Gasteiger partial charge in [0.2, 0.25) is 5.91 Å². The maximum atomic E-state index is 12.2. The number of carbonyl (C=O) groups excluding carboxylic acids is 1. The van der Waals surface area contributed by atoms with Crippen molar-refractivity contribution in [2.45, 2.75) is 56.6 Å². The predicted molar refractivity (Wildman–Crippen MR) is 102 cm³/mol. The number of aryl methyl sites for hydroxylation is 3. The highest BCUT2D eigenvalue weighted by Gasteiger charge is 2.23. The lowest BCUT2D eigenvalue weighted by Gasteiger charge is -2.11. The second-order valence-electron chi connectivity index (χ2n) is 6.56. The Kier molecular flexibility index (Phi) is 5.24. The SMILES string of the molecule is CCc1nc(SCC(=O)NCC2CCCO2)c2c3c(sc2n1)CCC3. The highest BCUT2D eigenvalue weighted by molar-refractivity contribution is 8.00. The highest BCUT2D eigenvalue weighted by Crippen LogP contribution is 2.40. The summed E-state index contributed by atoms with van der Waals surface area (Å²) in [4.78, 5) is 24.2. The van der Waals surface area contributed by atoms with Gasteiger partial charge in [0.15, 0.2) is 0 Å². The first-order valence-electron chi connectivity index (χ1n) is 9.07. The van der Waals surface area contributed by atoms with E-state index in [1.54, 1.807) is 11.8 Å². The monoisotopic (exact) mass is 377 g/mol. The quantitative estimate of drug-likeness (QED) is 0.619. The lowest BCUT2D eigenvalue weighted by Crippen LogP contribution is -2.32. The molecule has 1 fully saturated rings. The number of carbonyl (C=O) groups is 1. The van der Waals surface area contributed by atoms with Gasteiger partial charge in [-0.25, -0.2) is 9.97 Å². The van der Waals surface area contributed by atoms with E-state index in [-0.39, 0.29) is 12.0 Å². The van der Waals surface area contributed by atoms with Gasteiger partial charge in [0.25, 0.3) is 0 Å². The van der Waals surface area contributed by atoms with E-state index in [2.05, 4.69) is 12.2 Å². The molecule has 2 aromatic heterocycles. The Hall–Kier alpha value is -1.18. The third-order valence-electron chi connectivity index (χ3n) is 4.78. The van der Waals surface area contributed by atoms with Crippen molar-refractivity contribution < 1.29 is 9.53 Å². The van der Waals surface area contributed by atoms with Gasteiger partial charge < -0.3 is 10.1 Å². The first-order valence-corrected chi connectivity index (χ1v) is 10.9. The van der Waals surface area contributed by atoms with Gasteiger partial charge in [0, 0.05) is 29.8 Å². The molecule has 0 radical (unpaired) electrons. The molecule has 0 aromatic carbocycles. The van der Waals surface area contributed by atoms with Crippen molar-refractivity contribution in [3.8, 4) is 0 Å². The average molecular weight is 378 g/mol. The van der Waals surface area contributed by atoms with E-state index in [9.17, 15) is 4.79 Å². The molecule has 1 saturated heterocycles. The van der Waals surface area contributed by atoms with Crippen LogP contribution >= 0.6 is 23.1 Å². The topological polar surface area (TPSA) is 64.1 Å². The van der Waals surface area contributed by atoms with Gasteiger partial charge in [-0.05, 0) is 37.7 Å². The van der Waals surface area contributed by atoms with Crippen LogP contribution in [-0.2, 0) is 28.8 Å². The fourth-order valence-corrected chi connectivity index (χ4v) is 5.73. The Morgan fingerprint density at radius 3 is 3.08 bits per heavy atom. The third-order valence-corrected chi connectivity index (χ3v) is 6.95. The standard InChI is InChI=1S/C18H23N3O2S2/c1-2-14-20-17(16-12-6-3-7-13(12)25-18(16)21-14)24-10-15(22)19-9-11-5-4-8-23-11/h11H,2-10H2,1H3,(H,19,22). The van der Waals surface area contributed by atoms with Crippen molar-refractivity contribution in [2.24, 2.45) is 0 Å². The second kappa shape index (κ2) is 7.60. The summed E-state index contributed by atoms with van der Waals surface area (Å²) < 4.78 is 5.55. The Morgan fingerprint density at radius 2 is 2.28 bits per heavy atom. The van der Waals surface area contributed by atoms with Crippen LogP contribution in [0, 0.1) is 0 Å². The zero-order valence-corrected chi connectivity index (χ0v) is 16.1. The Balaban J connectivity index is 1.47. The van der Waals surface area contributed by atoms with Crippen LogP contribution in [0.25, 0.3) is 10.2 Å². The number of aromatic nitrogens is 2. The molecule has 1 amide bonds. The van der Waals surface area contributed by atoms with Crippen LogP contribution in [0.3, 0.4) is 0 Å². The van der Waals surface area contributed by atoms with Crippen LogP contribution in [0.4, 0.5) is 0 Å². The maximum Gasteiger partial charge on any atom is 0.230 e. The summed E-state index contributed by atoms with van der Waals surface area (Å²) in [6, 6.07) is 0. The van der Waals surface area contributed by atoms with Gasteiger partial charge in [-0.2, -0.15) is 0 Å². The minimum atomic E-state index is 0.0529. The molecular formula is C18H23N3O2S2. The number of hydrogen-bond donors (Lipinski definition) is 1. The summed E-state index contributed by atoms with van der Waals surface area (Å²) in [5.74, 6) is 1.32. The van der Waals surface area contributed by atoms with Crippen LogP contribution in [0.1, 0.15) is 42.5 Å². The largest absolute Gasteiger partial charge is 0.376 e. The molecule has 0 bridgehead atoms. The molecule has 1 aliphatic heterocycles. The van der Waals surface area contributed by atoms with E-state index in [0.29, 0.717) is 12.3 Å². The Labute approximate surface area is 156 Å². The van der Waals surface area contributed by atoms with E-state index in [4.69, 9.17) is 14.7 Å². The molecular weight excluding hydrogens is 354 g/mol. The van der Waals surface area contributed by atoms with Crippen LogP contribution in [0.15, 0.2) is 5.03 Å². The van der Waals surface area contributed by atoms with Crippen molar-refractivity contribution in [2.75, 3.05) is 18.9 Å². The first kappa shape index (κ1) is 17.2. The molecule has 3 heterocycles. The van der Waals surface area contributed by atoms with E-state index >= 15 is 0 Å². The van der Waals surface area contributed by atoms with Crippen molar-refractivity contribution in [1.82, 2.24) is 15.3 Å². The molecule has 25 heavy (non-hydrogen) atoms. The van der Waals surface area contributed by atoms with Gasteiger partial charge in [0.05, 0.1) is 11.9 Å². The lowest BCUT2D eigenvalue weighted by atomic mass is 10.2. The van der Waals surface area contributed by atoms with Crippen LogP contribution in [-0.4, -0.2) is 40.9 Å². The van der Waals surface area contributed by atoms with Gasteiger partial charge in [-0.1, -0.05) is 18.7 Å². The molecule has 2 aromatic rings. The van der Waals surface area contributed by atoms with E-state index in [1.807, 2.05) is 11.3 Å². The van der Waals surface area contributed by atoms with Crippen molar-refractivity contribution in [1.29, 1.82) is 0 Å². The van der Waals surface area contributed by atoms with Crippen molar-refractivity contribution >= 4 is 39.2 Å². The van der Waals surface area contributed by atoms with Gasteiger partial charge in [-0.3, -0.25) is 4.79 Å². The summed E-state index contributed by atoms with van der Waals surface area (Å²) in [5.41, 5.74) is 1.42. The minimum Gasteiger partial charge on any atom is -0.376 e. The number of nitrogens with zero attached hydrogens (tertiary/aromatic N) is 2. The summed E-state index contributed by atoms with van der Waals surface area (Å²) in [6.45, 7) is 3.51. The van der Waals surface area contributed by atoms with E-state index in [1.165, 1.54) is 22.2 Å². The second-order valence-corrected chi connectivity index (χ2v) is 8.61. The maximum absolute atomic E-state index is 12.2. The zero-order chi connectivity index (χ0) is 17.2. The summed E-state index contributed by atoms with van der Waals surface area (Å²) in [5, 5.41) is 5.17.